The van der Waals surface area contributed by atoms with E-state index in [0.717, 1.165) is 11.1 Å². The molecule has 0 atom stereocenters. The largest absolute Gasteiger partial charge is 0.296 e. The van der Waals surface area contributed by atoms with Gasteiger partial charge in [0.25, 0.3) is 15.8 Å². The minimum Gasteiger partial charge on any atom is -0.266 e. The predicted molar refractivity (Wildman–Crippen MR) is 85.7 cm³/mol. The summed E-state index contributed by atoms with van der Waals surface area (Å²) in [5, 5.41) is 10.7. The van der Waals surface area contributed by atoms with Crippen molar-refractivity contribution in [1.82, 2.24) is 0 Å². The summed E-state index contributed by atoms with van der Waals surface area (Å²) in [5.41, 5.74) is 1.76. The Morgan fingerprint density at radius 2 is 1.83 bits per heavy atom. The van der Waals surface area contributed by atoms with E-state index in [1.807, 2.05) is 6.92 Å². The number of non-ortho nitro benzene ring substituents is 1. The molecule has 2 rings (SSSR count). The molecule has 2 aromatic rings. The predicted octanol–water partition coefficient (Wildman–Crippen LogP) is 3.24. The third kappa shape index (κ3) is 4.87. The van der Waals surface area contributed by atoms with Gasteiger partial charge < -0.3 is 0 Å². The molecule has 0 unspecified atom stereocenters. The van der Waals surface area contributed by atoms with Crippen LogP contribution >= 0.6 is 0 Å². The maximum absolute atomic E-state index is 12.0. The van der Waals surface area contributed by atoms with Gasteiger partial charge in [-0.25, -0.2) is 0 Å². The van der Waals surface area contributed by atoms with Crippen molar-refractivity contribution in [2.45, 2.75) is 24.7 Å². The topological polar surface area (TPSA) is 86.5 Å². The highest BCUT2D eigenvalue weighted by molar-refractivity contribution is 7.86. The van der Waals surface area contributed by atoms with Crippen LogP contribution in [0.1, 0.15) is 17.5 Å². The summed E-state index contributed by atoms with van der Waals surface area (Å²) in [6, 6.07) is 12.7. The first-order chi connectivity index (χ1) is 10.9. The molecule has 0 saturated carbocycles. The highest BCUT2D eigenvalue weighted by atomic mass is 32.2. The molecule has 0 aromatic heterocycles. The zero-order chi connectivity index (χ0) is 16.9. The number of nitrogens with zero attached hydrogens (tertiary/aromatic N) is 1. The van der Waals surface area contributed by atoms with Gasteiger partial charge in [0, 0.05) is 12.1 Å². The van der Waals surface area contributed by atoms with Crippen molar-refractivity contribution in [1.29, 1.82) is 0 Å². The first-order valence-electron chi connectivity index (χ1n) is 7.08. The monoisotopic (exact) mass is 335 g/mol. The van der Waals surface area contributed by atoms with Crippen LogP contribution in [0.15, 0.2) is 53.4 Å². The molecule has 0 amide bonds. The summed E-state index contributed by atoms with van der Waals surface area (Å²) in [6.07, 6.45) is 0.956. The van der Waals surface area contributed by atoms with Gasteiger partial charge in [0.15, 0.2) is 0 Å². The number of aryl methyl sites for hydroxylation is 2. The van der Waals surface area contributed by atoms with Gasteiger partial charge >= 0.3 is 0 Å². The standard InChI is InChI=1S/C16H17NO5S/c1-13-7-9-16(10-8-13)23(20,21)22-11-3-5-14-4-2-6-15(12-14)17(18)19/h2,4,6-10,12H,3,5,11H2,1H3. The molecule has 0 N–H and O–H groups in total. The van der Waals surface area contributed by atoms with Crippen molar-refractivity contribution in [2.24, 2.45) is 0 Å². The van der Waals surface area contributed by atoms with E-state index in [1.54, 1.807) is 24.3 Å². The molecule has 0 bridgehead atoms. The van der Waals surface area contributed by atoms with Crippen LogP contribution in [0.2, 0.25) is 0 Å². The minimum atomic E-state index is -3.76. The molecule has 6 nitrogen and oxygen atoms in total. The van der Waals surface area contributed by atoms with Gasteiger partial charge in [0.1, 0.15) is 0 Å². The Labute approximate surface area is 135 Å². The minimum absolute atomic E-state index is 0.0238. The molecular formula is C16H17NO5S. The zero-order valence-electron chi connectivity index (χ0n) is 12.6. The molecule has 0 fully saturated rings. The fourth-order valence-corrected chi connectivity index (χ4v) is 2.99. The van der Waals surface area contributed by atoms with Gasteiger partial charge in [0.2, 0.25) is 0 Å². The second-order valence-electron chi connectivity index (χ2n) is 5.12. The third-order valence-electron chi connectivity index (χ3n) is 3.28. The van der Waals surface area contributed by atoms with Crippen molar-refractivity contribution in [3.63, 3.8) is 0 Å². The van der Waals surface area contributed by atoms with Crippen LogP contribution in [0.4, 0.5) is 5.69 Å². The van der Waals surface area contributed by atoms with Crippen molar-refractivity contribution in [3.05, 3.63) is 69.8 Å². The first kappa shape index (κ1) is 17.1. The SMILES string of the molecule is Cc1ccc(S(=O)(=O)OCCCc2cccc([N+](=O)[O-])c2)cc1. The van der Waals surface area contributed by atoms with Gasteiger partial charge in [-0.3, -0.25) is 14.3 Å². The summed E-state index contributed by atoms with van der Waals surface area (Å²) in [5.74, 6) is 0. The van der Waals surface area contributed by atoms with E-state index in [1.165, 1.54) is 24.3 Å². The van der Waals surface area contributed by atoms with Gasteiger partial charge in [0.05, 0.1) is 16.4 Å². The summed E-state index contributed by atoms with van der Waals surface area (Å²) in [7, 11) is -3.76. The lowest BCUT2D eigenvalue weighted by Crippen LogP contribution is -2.08. The van der Waals surface area contributed by atoms with Crippen LogP contribution in [0, 0.1) is 17.0 Å². The average molecular weight is 335 g/mol. The van der Waals surface area contributed by atoms with Crippen molar-refractivity contribution in [2.75, 3.05) is 6.61 Å². The van der Waals surface area contributed by atoms with Gasteiger partial charge in [-0.05, 0) is 37.5 Å². The molecule has 0 spiro atoms. The molecule has 0 aliphatic carbocycles. The van der Waals surface area contributed by atoms with Crippen molar-refractivity contribution >= 4 is 15.8 Å². The molecular weight excluding hydrogens is 318 g/mol. The summed E-state index contributed by atoms with van der Waals surface area (Å²) < 4.78 is 29.0. The molecule has 2 aromatic carbocycles. The second-order valence-corrected chi connectivity index (χ2v) is 6.74. The van der Waals surface area contributed by atoms with E-state index in [2.05, 4.69) is 0 Å². The number of hydrogen-bond donors (Lipinski definition) is 0. The van der Waals surface area contributed by atoms with Crippen molar-refractivity contribution < 1.29 is 17.5 Å². The van der Waals surface area contributed by atoms with Crippen LogP contribution in [0.3, 0.4) is 0 Å². The lowest BCUT2D eigenvalue weighted by atomic mass is 10.1. The molecule has 0 aliphatic heterocycles. The number of hydrogen-bond acceptors (Lipinski definition) is 5. The third-order valence-corrected chi connectivity index (χ3v) is 4.61. The highest BCUT2D eigenvalue weighted by Crippen LogP contribution is 2.16. The van der Waals surface area contributed by atoms with Crippen LogP contribution < -0.4 is 0 Å². The molecule has 0 heterocycles. The molecule has 0 aliphatic rings. The summed E-state index contributed by atoms with van der Waals surface area (Å²) in [6.45, 7) is 1.90. The lowest BCUT2D eigenvalue weighted by molar-refractivity contribution is -0.384. The van der Waals surface area contributed by atoms with Crippen LogP contribution in [-0.4, -0.2) is 19.9 Å². The Bertz CT molecular complexity index is 784. The Kier molecular flexibility index (Phi) is 5.46. The maximum atomic E-state index is 12.0. The number of benzene rings is 2. The highest BCUT2D eigenvalue weighted by Gasteiger charge is 2.14. The second kappa shape index (κ2) is 7.34. The Balaban J connectivity index is 1.88. The first-order valence-corrected chi connectivity index (χ1v) is 8.49. The van der Waals surface area contributed by atoms with E-state index in [-0.39, 0.29) is 17.2 Å². The van der Waals surface area contributed by atoms with E-state index in [4.69, 9.17) is 4.18 Å². The summed E-state index contributed by atoms with van der Waals surface area (Å²) in [4.78, 5) is 10.4. The molecule has 122 valence electrons. The Morgan fingerprint density at radius 1 is 1.13 bits per heavy atom. The van der Waals surface area contributed by atoms with Crippen LogP contribution in [0.25, 0.3) is 0 Å². The van der Waals surface area contributed by atoms with Crippen LogP contribution in [0.5, 0.6) is 0 Å². The van der Waals surface area contributed by atoms with Gasteiger partial charge in [-0.2, -0.15) is 8.42 Å². The molecule has 23 heavy (non-hydrogen) atoms. The fraction of sp³-hybridized carbons (Fsp3) is 0.250. The number of nitro benzene ring substituents is 1. The lowest BCUT2D eigenvalue weighted by Gasteiger charge is -2.06. The smallest absolute Gasteiger partial charge is 0.266 e. The van der Waals surface area contributed by atoms with Gasteiger partial charge in [-0.1, -0.05) is 29.8 Å². The molecule has 7 heteroatoms. The Hall–Kier alpha value is -2.25. The zero-order valence-corrected chi connectivity index (χ0v) is 13.5. The fourth-order valence-electron chi connectivity index (χ4n) is 2.04. The Morgan fingerprint density at radius 3 is 2.48 bits per heavy atom. The average Bonchev–Trinajstić information content (AvgIpc) is 2.52. The van der Waals surface area contributed by atoms with Gasteiger partial charge in [-0.15, -0.1) is 0 Å². The number of nitro groups is 1. The maximum Gasteiger partial charge on any atom is 0.296 e. The number of rotatable bonds is 7. The van der Waals surface area contributed by atoms with E-state index >= 15 is 0 Å². The van der Waals surface area contributed by atoms with Crippen molar-refractivity contribution in [3.8, 4) is 0 Å². The normalized spacial score (nSPS) is 11.3. The molecule has 0 saturated heterocycles. The summed E-state index contributed by atoms with van der Waals surface area (Å²) >= 11 is 0. The van der Waals surface area contributed by atoms with E-state index in [9.17, 15) is 18.5 Å². The van der Waals surface area contributed by atoms with E-state index < -0.39 is 15.0 Å². The quantitative estimate of drug-likeness (QED) is 0.335. The van der Waals surface area contributed by atoms with E-state index in [0.29, 0.717) is 12.8 Å². The van der Waals surface area contributed by atoms with Crippen LogP contribution in [-0.2, 0) is 20.7 Å². The molecule has 0 radical (unpaired) electrons.